The molecule has 78 valence electrons. The van der Waals surface area contributed by atoms with Gasteiger partial charge >= 0.3 is 0 Å². The van der Waals surface area contributed by atoms with E-state index in [2.05, 4.69) is 4.99 Å². The van der Waals surface area contributed by atoms with Gasteiger partial charge in [0.05, 0.1) is 11.6 Å². The van der Waals surface area contributed by atoms with Gasteiger partial charge in [-0.1, -0.05) is 19.4 Å². The lowest BCUT2D eigenvalue weighted by atomic mass is 9.90. The minimum atomic E-state index is -0.370. The average molecular weight is 205 g/mol. The largest absolute Gasteiger partial charge is 0.294 e. The second-order valence-electron chi connectivity index (χ2n) is 3.69. The molecular weight excluding hydrogens is 193 g/mol. The van der Waals surface area contributed by atoms with Crippen LogP contribution in [0.2, 0.25) is 0 Å². The number of fused-ring (bicyclic) bond motifs is 1. The summed E-state index contributed by atoms with van der Waals surface area (Å²) in [6.45, 7) is 2.02. The maximum Gasteiger partial charge on any atom is 0.170 e. The Morgan fingerprint density at radius 2 is 2.27 bits per heavy atom. The molecule has 0 amide bonds. The van der Waals surface area contributed by atoms with Crippen molar-refractivity contribution in [2.24, 2.45) is 10.9 Å². The molecule has 0 N–H and O–H groups in total. The summed E-state index contributed by atoms with van der Waals surface area (Å²) in [5.74, 6) is -0.705. The fourth-order valence-electron chi connectivity index (χ4n) is 1.74. The Bertz CT molecular complexity index is 415. The Morgan fingerprint density at radius 3 is 3.00 bits per heavy atom. The Balaban J connectivity index is 2.32. The number of carbonyl (C=O) groups excluding carboxylic acids is 1. The number of hydrogen-bond donors (Lipinski definition) is 0. The van der Waals surface area contributed by atoms with E-state index in [0.717, 1.165) is 18.5 Å². The zero-order valence-corrected chi connectivity index (χ0v) is 8.53. The molecule has 0 aromatic heterocycles. The van der Waals surface area contributed by atoms with E-state index in [1.54, 1.807) is 12.2 Å². The number of nitrogens with zero attached hydrogens (tertiary/aromatic N) is 1. The molecule has 2 nitrogen and oxygen atoms in total. The van der Waals surface area contributed by atoms with Gasteiger partial charge in [0.1, 0.15) is 5.83 Å². The van der Waals surface area contributed by atoms with Crippen LogP contribution in [0.25, 0.3) is 0 Å². The van der Waals surface area contributed by atoms with Crippen LogP contribution < -0.4 is 0 Å². The first-order valence-corrected chi connectivity index (χ1v) is 5.09. The van der Waals surface area contributed by atoms with Crippen LogP contribution in [0.1, 0.15) is 19.8 Å². The molecular formula is C12H12FNO. The molecule has 0 bridgehead atoms. The maximum absolute atomic E-state index is 13.0. The highest BCUT2D eigenvalue weighted by molar-refractivity contribution is 6.18. The number of rotatable bonds is 2. The number of halogens is 1. The highest BCUT2D eigenvalue weighted by Gasteiger charge is 2.25. The molecule has 1 atom stereocenters. The molecule has 3 heteroatoms. The number of allylic oxidation sites excluding steroid dienone is 6. The van der Waals surface area contributed by atoms with E-state index >= 15 is 0 Å². The van der Waals surface area contributed by atoms with Gasteiger partial charge in [0, 0.05) is 11.8 Å². The molecule has 0 spiro atoms. The van der Waals surface area contributed by atoms with E-state index in [1.165, 1.54) is 12.2 Å². The summed E-state index contributed by atoms with van der Waals surface area (Å²) in [5, 5.41) is 0. The molecule has 15 heavy (non-hydrogen) atoms. The Kier molecular flexibility index (Phi) is 2.62. The van der Waals surface area contributed by atoms with E-state index in [1.807, 2.05) is 6.92 Å². The first-order chi connectivity index (χ1) is 7.20. The smallest absolute Gasteiger partial charge is 0.170 e. The predicted octanol–water partition coefficient (Wildman–Crippen LogP) is 2.73. The van der Waals surface area contributed by atoms with Crippen molar-refractivity contribution in [2.75, 3.05) is 0 Å². The van der Waals surface area contributed by atoms with Gasteiger partial charge in [-0.25, -0.2) is 4.39 Å². The van der Waals surface area contributed by atoms with Crippen LogP contribution in [0, 0.1) is 5.92 Å². The lowest BCUT2D eigenvalue weighted by Crippen LogP contribution is -2.24. The molecule has 0 saturated carbocycles. The molecule has 1 heterocycles. The number of carbonyl (C=O) groups is 1. The van der Waals surface area contributed by atoms with Gasteiger partial charge in [0.2, 0.25) is 0 Å². The predicted molar refractivity (Wildman–Crippen MR) is 57.3 cm³/mol. The van der Waals surface area contributed by atoms with Crippen molar-refractivity contribution in [1.29, 1.82) is 0 Å². The van der Waals surface area contributed by atoms with Crippen LogP contribution in [0.5, 0.6) is 0 Å². The summed E-state index contributed by atoms with van der Waals surface area (Å²) in [7, 11) is 0. The molecule has 0 radical (unpaired) electrons. The Hall–Kier alpha value is -1.51. The Morgan fingerprint density at radius 1 is 1.47 bits per heavy atom. The van der Waals surface area contributed by atoms with Crippen molar-refractivity contribution in [1.82, 2.24) is 0 Å². The fourth-order valence-corrected chi connectivity index (χ4v) is 1.74. The first kappa shape index (κ1) is 10.0. The molecule has 1 unspecified atom stereocenters. The summed E-state index contributed by atoms with van der Waals surface area (Å²) in [5.41, 5.74) is 1.29. The van der Waals surface area contributed by atoms with Crippen molar-refractivity contribution in [2.45, 2.75) is 19.8 Å². The van der Waals surface area contributed by atoms with Gasteiger partial charge in [0.25, 0.3) is 0 Å². The summed E-state index contributed by atoms with van der Waals surface area (Å²) in [6.07, 6.45) is 7.49. The van der Waals surface area contributed by atoms with Gasteiger partial charge in [-0.3, -0.25) is 9.79 Å². The van der Waals surface area contributed by atoms with Crippen molar-refractivity contribution in [3.8, 4) is 0 Å². The van der Waals surface area contributed by atoms with E-state index in [4.69, 9.17) is 0 Å². The number of aliphatic imine (C=N–C) groups is 1. The summed E-state index contributed by atoms with van der Waals surface area (Å²) >= 11 is 0. The molecule has 0 fully saturated rings. The van der Waals surface area contributed by atoms with Gasteiger partial charge in [-0.05, 0) is 18.6 Å². The SMILES string of the molecule is CCCC1=CC(=O)C2C=CC(F)=CC2=N1. The molecule has 0 aromatic carbocycles. The summed E-state index contributed by atoms with van der Waals surface area (Å²) in [4.78, 5) is 15.9. The molecule has 2 aliphatic rings. The molecule has 0 aromatic rings. The second-order valence-corrected chi connectivity index (χ2v) is 3.69. The van der Waals surface area contributed by atoms with Crippen molar-refractivity contribution in [3.63, 3.8) is 0 Å². The quantitative estimate of drug-likeness (QED) is 0.681. The third-order valence-corrected chi connectivity index (χ3v) is 2.45. The monoisotopic (exact) mass is 205 g/mol. The van der Waals surface area contributed by atoms with Crippen molar-refractivity contribution in [3.05, 3.63) is 35.8 Å². The van der Waals surface area contributed by atoms with Crippen LogP contribution in [0.15, 0.2) is 40.8 Å². The van der Waals surface area contributed by atoms with Crippen LogP contribution >= 0.6 is 0 Å². The zero-order chi connectivity index (χ0) is 10.8. The van der Waals surface area contributed by atoms with Crippen LogP contribution in [-0.2, 0) is 4.79 Å². The minimum Gasteiger partial charge on any atom is -0.294 e. The third-order valence-electron chi connectivity index (χ3n) is 2.45. The normalized spacial score (nSPS) is 24.3. The summed E-state index contributed by atoms with van der Waals surface area (Å²) < 4.78 is 13.0. The van der Waals surface area contributed by atoms with E-state index < -0.39 is 0 Å². The highest BCUT2D eigenvalue weighted by atomic mass is 19.1. The standard InChI is InChI=1S/C12H12FNO/c1-2-3-9-7-12(15)10-5-4-8(13)6-11(10)14-9/h4-7,10H,2-3H2,1H3. The van der Waals surface area contributed by atoms with E-state index in [-0.39, 0.29) is 17.5 Å². The van der Waals surface area contributed by atoms with Gasteiger partial charge in [-0.15, -0.1) is 0 Å². The fraction of sp³-hybridized carbons (Fsp3) is 0.333. The molecule has 2 rings (SSSR count). The van der Waals surface area contributed by atoms with Crippen molar-refractivity contribution < 1.29 is 9.18 Å². The second kappa shape index (κ2) is 3.93. The molecule has 0 saturated heterocycles. The highest BCUT2D eigenvalue weighted by Crippen LogP contribution is 2.24. The van der Waals surface area contributed by atoms with Gasteiger partial charge in [0.15, 0.2) is 5.78 Å². The first-order valence-electron chi connectivity index (χ1n) is 5.09. The van der Waals surface area contributed by atoms with E-state index in [0.29, 0.717) is 5.71 Å². The average Bonchev–Trinajstić information content (AvgIpc) is 2.17. The zero-order valence-electron chi connectivity index (χ0n) is 8.53. The van der Waals surface area contributed by atoms with E-state index in [9.17, 15) is 9.18 Å². The lowest BCUT2D eigenvalue weighted by Gasteiger charge is -2.18. The topological polar surface area (TPSA) is 29.4 Å². The number of ketones is 1. The molecule has 1 aliphatic carbocycles. The van der Waals surface area contributed by atoms with Crippen LogP contribution in [0.3, 0.4) is 0 Å². The van der Waals surface area contributed by atoms with Crippen LogP contribution in [0.4, 0.5) is 4.39 Å². The van der Waals surface area contributed by atoms with Gasteiger partial charge in [-0.2, -0.15) is 0 Å². The summed E-state index contributed by atoms with van der Waals surface area (Å²) in [6, 6.07) is 0. The third kappa shape index (κ3) is 1.96. The number of hydrogen-bond acceptors (Lipinski definition) is 2. The molecule has 1 aliphatic heterocycles. The van der Waals surface area contributed by atoms with Gasteiger partial charge < -0.3 is 0 Å². The van der Waals surface area contributed by atoms with Crippen molar-refractivity contribution >= 4 is 11.5 Å². The Labute approximate surface area is 87.9 Å². The van der Waals surface area contributed by atoms with Crippen LogP contribution in [-0.4, -0.2) is 11.5 Å². The maximum atomic E-state index is 13.0. The minimum absolute atomic E-state index is 0.00319. The lowest BCUT2D eigenvalue weighted by molar-refractivity contribution is -0.115.